The number of carbonyl (C=O) groups is 1. The molecule has 0 aromatic heterocycles. The Morgan fingerprint density at radius 2 is 1.79 bits per heavy atom. The highest BCUT2D eigenvalue weighted by molar-refractivity contribution is 6.74. The predicted molar refractivity (Wildman–Crippen MR) is 128 cm³/mol. The summed E-state index contributed by atoms with van der Waals surface area (Å²) in [6.45, 7) is 13.1. The Morgan fingerprint density at radius 1 is 1.17 bits per heavy atom. The molecule has 0 amide bonds. The number of nitrogens with two attached hydrogens (primary N) is 1. The normalized spacial score (nSPS) is 15.5. The van der Waals surface area contributed by atoms with Crippen molar-refractivity contribution in [3.8, 4) is 0 Å². The van der Waals surface area contributed by atoms with E-state index < -0.39 is 14.4 Å². The molecule has 0 aliphatic carbocycles. The van der Waals surface area contributed by atoms with Crippen molar-refractivity contribution in [1.29, 1.82) is 0 Å². The predicted octanol–water partition coefficient (Wildman–Crippen LogP) is 6.39. The maximum absolute atomic E-state index is 12.3. The van der Waals surface area contributed by atoms with E-state index in [1.165, 1.54) is 0 Å². The summed E-state index contributed by atoms with van der Waals surface area (Å²) in [4.78, 5) is 12.3. The Labute approximate surface area is 183 Å². The molecule has 162 valence electrons. The molecule has 0 saturated carbocycles. The highest BCUT2D eigenvalue weighted by atomic mass is 35.5. The van der Waals surface area contributed by atoms with E-state index in [9.17, 15) is 4.79 Å². The zero-order valence-electron chi connectivity index (χ0n) is 18.9. The van der Waals surface area contributed by atoms with E-state index in [0.29, 0.717) is 12.8 Å². The van der Waals surface area contributed by atoms with E-state index >= 15 is 0 Å². The summed E-state index contributed by atoms with van der Waals surface area (Å²) in [5.41, 5.74) is 7.16. The van der Waals surface area contributed by atoms with Crippen LogP contribution in [0.3, 0.4) is 0 Å². The molecule has 1 aromatic rings. The van der Waals surface area contributed by atoms with Crippen LogP contribution >= 0.6 is 11.6 Å². The number of halogens is 1. The molecule has 0 aliphatic rings. The number of allylic oxidation sites excluding steroid dienone is 2. The minimum Gasteiger partial charge on any atom is -0.413 e. The lowest BCUT2D eigenvalue weighted by atomic mass is 10.0. The van der Waals surface area contributed by atoms with Gasteiger partial charge in [0.2, 0.25) is 0 Å². The van der Waals surface area contributed by atoms with E-state index in [1.807, 2.05) is 55.5 Å². The Bertz CT molecular complexity index is 689. The van der Waals surface area contributed by atoms with Crippen molar-refractivity contribution in [2.24, 2.45) is 5.73 Å². The first-order valence-electron chi connectivity index (χ1n) is 10.4. The number of carbonyl (C=O) groups excluding carboxylic acids is 1. The van der Waals surface area contributed by atoms with Gasteiger partial charge in [0.25, 0.3) is 0 Å². The van der Waals surface area contributed by atoms with E-state index in [1.54, 1.807) is 0 Å². The molecule has 2 N–H and O–H groups in total. The van der Waals surface area contributed by atoms with Gasteiger partial charge in [0.05, 0.1) is 12.1 Å². The minimum atomic E-state index is -1.88. The fraction of sp³-hybridized carbons (Fsp3) is 0.542. The number of benzene rings is 1. The molecule has 0 heterocycles. The van der Waals surface area contributed by atoms with E-state index in [0.717, 1.165) is 23.4 Å². The fourth-order valence-electron chi connectivity index (χ4n) is 2.66. The Kier molecular flexibility index (Phi) is 10.6. The summed E-state index contributed by atoms with van der Waals surface area (Å²) >= 11 is 6.03. The lowest BCUT2D eigenvalue weighted by molar-refractivity contribution is -0.119. The molecular formula is C24H38ClNO2Si. The fourth-order valence-corrected chi connectivity index (χ4v) is 4.13. The Balaban J connectivity index is 2.62. The quantitative estimate of drug-likeness (QED) is 0.323. The van der Waals surface area contributed by atoms with Gasteiger partial charge in [-0.25, -0.2) is 0 Å². The third kappa shape index (κ3) is 9.90. The van der Waals surface area contributed by atoms with Crippen LogP contribution in [0.4, 0.5) is 0 Å². The summed E-state index contributed by atoms with van der Waals surface area (Å²) < 4.78 is 6.56. The third-order valence-electron chi connectivity index (χ3n) is 5.53. The summed E-state index contributed by atoms with van der Waals surface area (Å²) in [6, 6.07) is 9.42. The van der Waals surface area contributed by atoms with Gasteiger partial charge in [-0.05, 0) is 49.9 Å². The molecule has 1 aromatic carbocycles. The lowest BCUT2D eigenvalue weighted by Crippen LogP contribution is -2.43. The van der Waals surface area contributed by atoms with Crippen molar-refractivity contribution in [1.82, 2.24) is 0 Å². The van der Waals surface area contributed by atoms with Crippen LogP contribution < -0.4 is 5.73 Å². The van der Waals surface area contributed by atoms with Gasteiger partial charge in [-0.15, -0.1) is 0 Å². The van der Waals surface area contributed by atoms with Crippen LogP contribution in [0.15, 0.2) is 53.6 Å². The van der Waals surface area contributed by atoms with Gasteiger partial charge < -0.3 is 10.2 Å². The average molecular weight is 436 g/mol. The van der Waals surface area contributed by atoms with Gasteiger partial charge in [-0.3, -0.25) is 4.79 Å². The first-order valence-corrected chi connectivity index (χ1v) is 13.7. The maximum Gasteiger partial charge on any atom is 0.192 e. The lowest BCUT2D eigenvalue weighted by Gasteiger charge is -2.39. The molecule has 3 nitrogen and oxygen atoms in total. The van der Waals surface area contributed by atoms with Crippen molar-refractivity contribution in [2.75, 3.05) is 0 Å². The molecule has 0 fully saturated rings. The topological polar surface area (TPSA) is 52.3 Å². The summed E-state index contributed by atoms with van der Waals surface area (Å²) in [7, 11) is -1.88. The average Bonchev–Trinajstić information content (AvgIpc) is 2.62. The molecule has 2 atom stereocenters. The number of ketones is 1. The Morgan fingerprint density at radius 3 is 2.34 bits per heavy atom. The van der Waals surface area contributed by atoms with Crippen molar-refractivity contribution >= 4 is 25.7 Å². The number of hydrogen-bond acceptors (Lipinski definition) is 3. The van der Waals surface area contributed by atoms with Gasteiger partial charge in [-0.1, -0.05) is 80.9 Å². The first kappa shape index (κ1) is 25.8. The van der Waals surface area contributed by atoms with Crippen molar-refractivity contribution < 1.29 is 9.22 Å². The van der Waals surface area contributed by atoms with Crippen molar-refractivity contribution in [3.05, 3.63) is 59.2 Å². The number of Topliss-reactive ketones (excluding diaryl/α,β-unsaturated/α-hetero) is 1. The van der Waals surface area contributed by atoms with Gasteiger partial charge in [0.1, 0.15) is 0 Å². The smallest absolute Gasteiger partial charge is 0.192 e. The summed E-state index contributed by atoms with van der Waals surface area (Å²) in [6.07, 6.45) is 8.49. The maximum atomic E-state index is 12.3. The summed E-state index contributed by atoms with van der Waals surface area (Å²) in [5, 5.41) is 0.925. The van der Waals surface area contributed by atoms with Crippen LogP contribution in [0.1, 0.15) is 52.5 Å². The standard InChI is InChI=1S/C24H38ClNO2Si/c1-19(25)16-17-21(28-29(5,6)24(2,3)4)14-10-11-15-23(27)22(26)18-20-12-8-7-9-13-20/h7-13,16,21-22H,14-15,17-18,26H2,1-6H3/b11-10-,19-16+/t21-,22+/m1/s1. The zero-order valence-corrected chi connectivity index (χ0v) is 20.6. The zero-order chi connectivity index (χ0) is 22.1. The van der Waals surface area contributed by atoms with Crippen LogP contribution in [0, 0.1) is 0 Å². The monoisotopic (exact) mass is 435 g/mol. The first-order chi connectivity index (χ1) is 13.4. The van der Waals surface area contributed by atoms with Crippen LogP contribution in [0.25, 0.3) is 0 Å². The van der Waals surface area contributed by atoms with E-state index in [-0.39, 0.29) is 16.9 Å². The largest absolute Gasteiger partial charge is 0.413 e. The molecule has 29 heavy (non-hydrogen) atoms. The highest BCUT2D eigenvalue weighted by Crippen LogP contribution is 2.38. The SMILES string of the molecule is C/C(Cl)=C\C[C@@H](C/C=C\CC(=O)[C@@H](N)Cc1ccccc1)O[Si](C)(C)C(C)(C)C. The van der Waals surface area contributed by atoms with Crippen molar-refractivity contribution in [3.63, 3.8) is 0 Å². The van der Waals surface area contributed by atoms with E-state index in [4.69, 9.17) is 21.8 Å². The molecule has 0 spiro atoms. The van der Waals surface area contributed by atoms with E-state index in [2.05, 4.69) is 33.9 Å². The molecule has 0 bridgehead atoms. The highest BCUT2D eigenvalue weighted by Gasteiger charge is 2.38. The molecular weight excluding hydrogens is 398 g/mol. The molecule has 1 rings (SSSR count). The molecule has 0 saturated heterocycles. The Hall–Kier alpha value is -1.20. The van der Waals surface area contributed by atoms with Crippen LogP contribution in [0.5, 0.6) is 0 Å². The van der Waals surface area contributed by atoms with Crippen molar-refractivity contribution in [2.45, 2.75) is 83.7 Å². The molecule has 5 heteroatoms. The third-order valence-corrected chi connectivity index (χ3v) is 10.2. The minimum absolute atomic E-state index is 0.0588. The second kappa shape index (κ2) is 11.8. The molecule has 0 radical (unpaired) electrons. The van der Waals surface area contributed by atoms with Crippen LogP contribution in [-0.4, -0.2) is 26.2 Å². The molecule has 0 aliphatic heterocycles. The summed E-state index contributed by atoms with van der Waals surface area (Å²) in [5.74, 6) is 0.0588. The second-order valence-electron chi connectivity index (χ2n) is 9.20. The molecule has 0 unspecified atom stereocenters. The number of rotatable bonds is 11. The van der Waals surface area contributed by atoms with Gasteiger partial charge in [-0.2, -0.15) is 0 Å². The van der Waals surface area contributed by atoms with Gasteiger partial charge in [0.15, 0.2) is 14.1 Å². The number of hydrogen-bond donors (Lipinski definition) is 1. The second-order valence-corrected chi connectivity index (χ2v) is 14.6. The van der Waals surface area contributed by atoms with Crippen LogP contribution in [-0.2, 0) is 15.6 Å². The van der Waals surface area contributed by atoms with Crippen LogP contribution in [0.2, 0.25) is 18.1 Å². The van der Waals surface area contributed by atoms with Gasteiger partial charge in [0, 0.05) is 11.5 Å². The van der Waals surface area contributed by atoms with Gasteiger partial charge >= 0.3 is 0 Å².